The first-order valence-electron chi connectivity index (χ1n) is 10.2. The Bertz CT molecular complexity index is 1030. The average Bonchev–Trinajstić information content (AvgIpc) is 3.20. The van der Waals surface area contributed by atoms with E-state index in [0.29, 0.717) is 35.7 Å². The number of nitrogens with zero attached hydrogens (tertiary/aromatic N) is 1. The minimum absolute atomic E-state index is 0.242. The fourth-order valence-corrected chi connectivity index (χ4v) is 3.46. The standard InChI is InChI=1S/C23H27N3O5/c1-13-21(25)26-16-11-15(5-7-17(16)30-13)20(24)22(27)31-23(2,3)9-8-14-4-6-18-19(10-14)29-12-28-18/h4-7,10-11,13,20H,8-9,12,24H2,1-3H3,(H2,25,26). The number of aryl methyl sites for hydroxylation is 1. The van der Waals surface area contributed by atoms with Gasteiger partial charge < -0.3 is 30.4 Å². The zero-order valence-electron chi connectivity index (χ0n) is 17.9. The summed E-state index contributed by atoms with van der Waals surface area (Å²) < 4.78 is 22.2. The minimum Gasteiger partial charge on any atom is -0.481 e. The number of amidine groups is 1. The van der Waals surface area contributed by atoms with E-state index in [1.807, 2.05) is 39.0 Å². The topological polar surface area (TPSA) is 118 Å². The Morgan fingerprint density at radius 3 is 2.74 bits per heavy atom. The van der Waals surface area contributed by atoms with Crippen molar-refractivity contribution in [3.63, 3.8) is 0 Å². The first-order chi connectivity index (χ1) is 14.7. The Balaban J connectivity index is 1.38. The molecule has 31 heavy (non-hydrogen) atoms. The number of esters is 1. The Hall–Kier alpha value is -3.26. The Labute approximate surface area is 181 Å². The van der Waals surface area contributed by atoms with Crippen molar-refractivity contribution in [2.24, 2.45) is 16.5 Å². The number of nitrogens with two attached hydrogens (primary N) is 2. The van der Waals surface area contributed by atoms with Crippen molar-refractivity contribution in [3.05, 3.63) is 47.5 Å². The predicted molar refractivity (Wildman–Crippen MR) is 116 cm³/mol. The van der Waals surface area contributed by atoms with Crippen molar-refractivity contribution >= 4 is 17.5 Å². The van der Waals surface area contributed by atoms with E-state index in [9.17, 15) is 4.79 Å². The summed E-state index contributed by atoms with van der Waals surface area (Å²) in [6, 6.07) is 10.1. The highest BCUT2D eigenvalue weighted by Crippen LogP contribution is 2.35. The second-order valence-corrected chi connectivity index (χ2v) is 8.37. The van der Waals surface area contributed by atoms with Gasteiger partial charge in [-0.1, -0.05) is 12.1 Å². The SMILES string of the molecule is CC1Oc2ccc(C(N)C(=O)OC(C)(C)CCc3ccc4c(c3)OCO4)cc2N=C1N. The number of ether oxygens (including phenoxy) is 4. The predicted octanol–water partition coefficient (Wildman–Crippen LogP) is 3.14. The monoisotopic (exact) mass is 425 g/mol. The Kier molecular flexibility index (Phi) is 5.49. The molecule has 2 aliphatic rings. The van der Waals surface area contributed by atoms with Crippen LogP contribution in [-0.2, 0) is 16.0 Å². The summed E-state index contributed by atoms with van der Waals surface area (Å²) in [5.41, 5.74) is 13.6. The molecule has 164 valence electrons. The molecular formula is C23H27N3O5. The minimum atomic E-state index is -0.939. The largest absolute Gasteiger partial charge is 0.481 e. The van der Waals surface area contributed by atoms with E-state index in [2.05, 4.69) is 4.99 Å². The molecule has 0 spiro atoms. The third-order valence-corrected chi connectivity index (χ3v) is 5.40. The lowest BCUT2D eigenvalue weighted by Gasteiger charge is -2.27. The number of carbonyl (C=O) groups excluding carboxylic acids is 1. The van der Waals surface area contributed by atoms with Gasteiger partial charge in [0, 0.05) is 0 Å². The van der Waals surface area contributed by atoms with E-state index in [0.717, 1.165) is 17.1 Å². The third kappa shape index (κ3) is 4.59. The first kappa shape index (κ1) is 21.0. The van der Waals surface area contributed by atoms with E-state index >= 15 is 0 Å². The number of hydrogen-bond acceptors (Lipinski definition) is 8. The lowest BCUT2D eigenvalue weighted by atomic mass is 9.98. The summed E-state index contributed by atoms with van der Waals surface area (Å²) in [6.45, 7) is 5.81. The number of hydrogen-bond donors (Lipinski definition) is 2. The van der Waals surface area contributed by atoms with Gasteiger partial charge in [0.05, 0.1) is 0 Å². The van der Waals surface area contributed by atoms with Crippen LogP contribution in [0, 0.1) is 0 Å². The fourth-order valence-electron chi connectivity index (χ4n) is 3.46. The van der Waals surface area contributed by atoms with E-state index in [1.54, 1.807) is 18.2 Å². The highest BCUT2D eigenvalue weighted by Gasteiger charge is 2.28. The molecule has 4 N–H and O–H groups in total. The molecule has 2 atom stereocenters. The summed E-state index contributed by atoms with van der Waals surface area (Å²) >= 11 is 0. The van der Waals surface area contributed by atoms with Crippen molar-refractivity contribution < 1.29 is 23.7 Å². The molecule has 0 aromatic heterocycles. The summed E-state index contributed by atoms with van der Waals surface area (Å²) in [4.78, 5) is 17.1. The van der Waals surface area contributed by atoms with Gasteiger partial charge in [-0.2, -0.15) is 0 Å². The average molecular weight is 425 g/mol. The van der Waals surface area contributed by atoms with Gasteiger partial charge in [-0.25, -0.2) is 9.79 Å². The number of rotatable bonds is 6. The molecule has 0 bridgehead atoms. The van der Waals surface area contributed by atoms with Crippen LogP contribution < -0.4 is 25.7 Å². The van der Waals surface area contributed by atoms with Crippen LogP contribution >= 0.6 is 0 Å². The molecule has 2 aromatic carbocycles. The summed E-state index contributed by atoms with van der Waals surface area (Å²) in [5.74, 6) is 1.97. The van der Waals surface area contributed by atoms with Crippen LogP contribution in [0.25, 0.3) is 0 Å². The van der Waals surface area contributed by atoms with Gasteiger partial charge in [0.1, 0.15) is 28.9 Å². The molecule has 0 radical (unpaired) electrons. The van der Waals surface area contributed by atoms with Gasteiger partial charge in [-0.3, -0.25) is 0 Å². The molecule has 8 nitrogen and oxygen atoms in total. The van der Waals surface area contributed by atoms with E-state index in [1.165, 1.54) is 0 Å². The molecule has 2 aromatic rings. The van der Waals surface area contributed by atoms with Crippen molar-refractivity contribution in [1.29, 1.82) is 0 Å². The number of aliphatic imine (C=N–C) groups is 1. The van der Waals surface area contributed by atoms with E-state index < -0.39 is 17.6 Å². The lowest BCUT2D eigenvalue weighted by Crippen LogP contribution is -2.34. The highest BCUT2D eigenvalue weighted by atomic mass is 16.7. The van der Waals surface area contributed by atoms with Gasteiger partial charge >= 0.3 is 5.97 Å². The van der Waals surface area contributed by atoms with Crippen molar-refractivity contribution in [3.8, 4) is 17.2 Å². The van der Waals surface area contributed by atoms with Gasteiger partial charge in [0.25, 0.3) is 0 Å². The number of fused-ring (bicyclic) bond motifs is 2. The van der Waals surface area contributed by atoms with Crippen LogP contribution in [0.15, 0.2) is 41.4 Å². The fraction of sp³-hybridized carbons (Fsp3) is 0.391. The molecule has 0 amide bonds. The quantitative estimate of drug-likeness (QED) is 0.683. The lowest BCUT2D eigenvalue weighted by molar-refractivity contribution is -0.158. The van der Waals surface area contributed by atoms with Crippen molar-refractivity contribution in [2.75, 3.05) is 6.79 Å². The maximum absolute atomic E-state index is 12.7. The Morgan fingerprint density at radius 1 is 1.19 bits per heavy atom. The normalized spacial score (nSPS) is 17.9. The molecule has 0 fully saturated rings. The molecule has 2 heterocycles. The molecule has 0 saturated carbocycles. The van der Waals surface area contributed by atoms with Crippen LogP contribution in [0.2, 0.25) is 0 Å². The molecule has 0 aliphatic carbocycles. The zero-order valence-corrected chi connectivity index (χ0v) is 17.9. The summed E-state index contributed by atoms with van der Waals surface area (Å²) in [7, 11) is 0. The maximum atomic E-state index is 12.7. The van der Waals surface area contributed by atoms with Gasteiger partial charge in [-0.05, 0) is 69.0 Å². The van der Waals surface area contributed by atoms with Crippen LogP contribution in [0.5, 0.6) is 17.2 Å². The zero-order chi connectivity index (χ0) is 22.2. The molecular weight excluding hydrogens is 398 g/mol. The molecule has 4 rings (SSSR count). The second kappa shape index (κ2) is 8.11. The molecule has 0 saturated heterocycles. The van der Waals surface area contributed by atoms with Crippen molar-refractivity contribution in [2.45, 2.75) is 51.4 Å². The third-order valence-electron chi connectivity index (χ3n) is 5.40. The highest BCUT2D eigenvalue weighted by molar-refractivity contribution is 5.90. The van der Waals surface area contributed by atoms with Gasteiger partial charge in [0.15, 0.2) is 17.6 Å². The molecule has 2 aliphatic heterocycles. The molecule has 8 heteroatoms. The number of benzene rings is 2. The maximum Gasteiger partial charge on any atom is 0.328 e. The Morgan fingerprint density at radius 2 is 1.94 bits per heavy atom. The van der Waals surface area contributed by atoms with Crippen molar-refractivity contribution in [1.82, 2.24) is 0 Å². The first-order valence-corrected chi connectivity index (χ1v) is 10.2. The van der Waals surface area contributed by atoms with E-state index in [-0.39, 0.29) is 12.9 Å². The van der Waals surface area contributed by atoms with Crippen LogP contribution in [0.3, 0.4) is 0 Å². The van der Waals surface area contributed by atoms with E-state index in [4.69, 9.17) is 30.4 Å². The van der Waals surface area contributed by atoms with Gasteiger partial charge in [0.2, 0.25) is 6.79 Å². The van der Waals surface area contributed by atoms with Crippen LogP contribution in [0.1, 0.15) is 44.4 Å². The smallest absolute Gasteiger partial charge is 0.328 e. The van der Waals surface area contributed by atoms with Gasteiger partial charge in [-0.15, -0.1) is 0 Å². The summed E-state index contributed by atoms with van der Waals surface area (Å²) in [6.07, 6.45) is 1.05. The number of carbonyl (C=O) groups is 1. The second-order valence-electron chi connectivity index (χ2n) is 8.37. The molecule has 2 unspecified atom stereocenters. The summed E-state index contributed by atoms with van der Waals surface area (Å²) in [5, 5.41) is 0. The van der Waals surface area contributed by atoms with Crippen LogP contribution in [0.4, 0.5) is 5.69 Å². The van der Waals surface area contributed by atoms with Crippen LogP contribution in [-0.4, -0.2) is 30.3 Å².